The second-order valence-corrected chi connectivity index (χ2v) is 9.75. The minimum atomic E-state index is -0.361. The average molecular weight is 373 g/mol. The maximum absolute atomic E-state index is 11.7. The van der Waals surface area contributed by atoms with Crippen LogP contribution in [-0.4, -0.2) is 34.5 Å². The molecule has 1 aromatic heterocycles. The number of rotatable bonds is 2. The molecule has 1 amide bonds. The van der Waals surface area contributed by atoms with Crippen molar-refractivity contribution in [2.75, 3.05) is 0 Å². The number of thioether (sulfide) groups is 1. The summed E-state index contributed by atoms with van der Waals surface area (Å²) in [7, 11) is -0.361. The second-order valence-electron chi connectivity index (χ2n) is 7.51. The molecule has 0 saturated carbocycles. The molecule has 2 aliphatic heterocycles. The van der Waals surface area contributed by atoms with Gasteiger partial charge in [-0.3, -0.25) is 4.79 Å². The minimum Gasteiger partial charge on any atom is -0.399 e. The smallest absolute Gasteiger partial charge is 0.399 e. The maximum atomic E-state index is 11.7. The van der Waals surface area contributed by atoms with Gasteiger partial charge in [-0.2, -0.15) is 0 Å². The topological polar surface area (TPSA) is 47.9 Å². The van der Waals surface area contributed by atoms with Crippen molar-refractivity contribution in [1.82, 2.24) is 0 Å². The lowest BCUT2D eigenvalue weighted by Crippen LogP contribution is -2.41. The first-order valence-electron chi connectivity index (χ1n) is 8.34. The van der Waals surface area contributed by atoms with Crippen LogP contribution in [0.25, 0.3) is 10.1 Å². The Morgan fingerprint density at radius 1 is 1.16 bits per heavy atom. The molecule has 25 heavy (non-hydrogen) atoms. The summed E-state index contributed by atoms with van der Waals surface area (Å²) >= 11 is 3.19. The Morgan fingerprint density at radius 3 is 2.44 bits per heavy atom. The van der Waals surface area contributed by atoms with Gasteiger partial charge in [0.2, 0.25) is 0 Å². The number of hydrogen-bond donors (Lipinski definition) is 0. The molecule has 1 atom stereocenters. The molecule has 0 N–H and O–H groups in total. The third kappa shape index (κ3) is 2.77. The Hall–Kier alpha value is -1.15. The van der Waals surface area contributed by atoms with Crippen LogP contribution in [0.3, 0.4) is 0 Å². The number of fused-ring (bicyclic) bond motifs is 1. The highest BCUT2D eigenvalue weighted by atomic mass is 32.2. The third-order valence-corrected chi connectivity index (χ3v) is 7.24. The number of carbonyl (C=O) groups is 1. The third-order valence-electron chi connectivity index (χ3n) is 5.20. The van der Waals surface area contributed by atoms with Crippen LogP contribution >= 0.6 is 23.1 Å². The van der Waals surface area contributed by atoms with Crippen molar-refractivity contribution in [1.29, 1.82) is 0 Å². The van der Waals surface area contributed by atoms with E-state index in [-0.39, 0.29) is 29.5 Å². The van der Waals surface area contributed by atoms with Crippen LogP contribution in [0.15, 0.2) is 28.6 Å². The van der Waals surface area contributed by atoms with Crippen molar-refractivity contribution >= 4 is 56.7 Å². The summed E-state index contributed by atoms with van der Waals surface area (Å²) in [5, 5.41) is 3.94. The first-order chi connectivity index (χ1) is 11.7. The van der Waals surface area contributed by atoms with Crippen LogP contribution in [0, 0.1) is 0 Å². The average Bonchev–Trinajstić information content (AvgIpc) is 3.14. The molecule has 0 spiro atoms. The molecule has 0 aliphatic carbocycles. The van der Waals surface area contributed by atoms with Crippen LogP contribution in [-0.2, 0) is 14.1 Å². The highest BCUT2D eigenvalue weighted by molar-refractivity contribution is 8.16. The van der Waals surface area contributed by atoms with Crippen molar-refractivity contribution in [2.24, 2.45) is 4.99 Å². The van der Waals surface area contributed by atoms with Gasteiger partial charge in [0, 0.05) is 21.0 Å². The molecule has 1 fully saturated rings. The molecular weight excluding hydrogens is 353 g/mol. The molecule has 4 nitrogen and oxygen atoms in total. The molecule has 2 aliphatic rings. The fraction of sp³-hybridized carbons (Fsp3) is 0.444. The SMILES string of the molecule is CC1SC(c2csc3cc(B4OC(C)(C)C(C)(C)O4)ccc23)=NC1=O. The van der Waals surface area contributed by atoms with E-state index in [1.54, 1.807) is 11.3 Å². The van der Waals surface area contributed by atoms with Crippen molar-refractivity contribution < 1.29 is 14.1 Å². The Bertz CT molecular complexity index is 887. The molecule has 7 heteroatoms. The lowest BCUT2D eigenvalue weighted by Gasteiger charge is -2.32. The fourth-order valence-corrected chi connectivity index (χ4v) is 4.89. The number of aliphatic imine (C=N–C) groups is 1. The zero-order valence-electron chi connectivity index (χ0n) is 15.0. The largest absolute Gasteiger partial charge is 0.494 e. The van der Waals surface area contributed by atoms with Crippen LogP contribution in [0.4, 0.5) is 0 Å². The zero-order chi connectivity index (χ0) is 18.0. The lowest BCUT2D eigenvalue weighted by molar-refractivity contribution is -0.116. The molecule has 3 heterocycles. The quantitative estimate of drug-likeness (QED) is 0.755. The monoisotopic (exact) mass is 373 g/mol. The Kier molecular flexibility index (Phi) is 3.92. The summed E-state index contributed by atoms with van der Waals surface area (Å²) in [6.45, 7) is 10.1. The first kappa shape index (κ1) is 17.3. The maximum Gasteiger partial charge on any atom is 0.494 e. The van der Waals surface area contributed by atoms with E-state index < -0.39 is 0 Å². The van der Waals surface area contributed by atoms with E-state index in [0.717, 1.165) is 26.2 Å². The van der Waals surface area contributed by atoms with Gasteiger partial charge in [-0.15, -0.1) is 11.3 Å². The molecule has 1 aromatic carbocycles. The number of hydrogen-bond acceptors (Lipinski definition) is 5. The first-order valence-corrected chi connectivity index (χ1v) is 10.1. The molecule has 2 aromatic rings. The molecule has 4 rings (SSSR count). The lowest BCUT2D eigenvalue weighted by atomic mass is 9.79. The van der Waals surface area contributed by atoms with Gasteiger partial charge in [-0.05, 0) is 46.1 Å². The number of amides is 1. The Morgan fingerprint density at radius 2 is 1.84 bits per heavy atom. The van der Waals surface area contributed by atoms with Crippen LogP contribution < -0.4 is 5.46 Å². The number of nitrogens with zero attached hydrogens (tertiary/aromatic N) is 1. The summed E-state index contributed by atoms with van der Waals surface area (Å²) in [5.74, 6) is -0.0480. The molecular formula is C18H20BNO3S2. The van der Waals surface area contributed by atoms with Gasteiger partial charge in [-0.25, -0.2) is 4.99 Å². The van der Waals surface area contributed by atoms with Crippen molar-refractivity contribution in [3.63, 3.8) is 0 Å². The molecule has 1 saturated heterocycles. The predicted octanol–water partition coefficient (Wildman–Crippen LogP) is 3.61. The highest BCUT2D eigenvalue weighted by Gasteiger charge is 2.51. The fourth-order valence-electron chi connectivity index (χ4n) is 2.90. The van der Waals surface area contributed by atoms with E-state index in [2.05, 4.69) is 50.2 Å². The van der Waals surface area contributed by atoms with Crippen molar-refractivity contribution in [3.05, 3.63) is 29.1 Å². The Labute approximate surface area is 156 Å². The van der Waals surface area contributed by atoms with Gasteiger partial charge >= 0.3 is 7.12 Å². The second kappa shape index (κ2) is 5.68. The highest BCUT2D eigenvalue weighted by Crippen LogP contribution is 2.37. The Balaban J connectivity index is 1.68. The number of carbonyl (C=O) groups excluding carboxylic acids is 1. The van der Waals surface area contributed by atoms with Crippen molar-refractivity contribution in [2.45, 2.75) is 51.1 Å². The summed E-state index contributed by atoms with van der Waals surface area (Å²) in [6.07, 6.45) is 0. The van der Waals surface area contributed by atoms with Gasteiger partial charge in [0.05, 0.1) is 16.5 Å². The van der Waals surface area contributed by atoms with E-state index >= 15 is 0 Å². The van der Waals surface area contributed by atoms with E-state index in [1.165, 1.54) is 11.8 Å². The van der Waals surface area contributed by atoms with Gasteiger partial charge < -0.3 is 9.31 Å². The minimum absolute atomic E-state index is 0.0480. The zero-order valence-corrected chi connectivity index (χ0v) is 16.6. The molecule has 0 bridgehead atoms. The van der Waals surface area contributed by atoms with Gasteiger partial charge in [0.1, 0.15) is 5.04 Å². The summed E-state index contributed by atoms with van der Waals surface area (Å²) < 4.78 is 13.4. The summed E-state index contributed by atoms with van der Waals surface area (Å²) in [5.41, 5.74) is 1.37. The molecule has 1 unspecified atom stereocenters. The van der Waals surface area contributed by atoms with Crippen LogP contribution in [0.2, 0.25) is 0 Å². The normalized spacial score (nSPS) is 25.0. The van der Waals surface area contributed by atoms with E-state index in [0.29, 0.717) is 0 Å². The summed E-state index contributed by atoms with van der Waals surface area (Å²) in [6, 6.07) is 6.25. The molecule has 130 valence electrons. The predicted molar refractivity (Wildman–Crippen MR) is 106 cm³/mol. The molecule has 0 radical (unpaired) electrons. The van der Waals surface area contributed by atoms with Gasteiger partial charge in [-0.1, -0.05) is 23.9 Å². The number of benzene rings is 1. The van der Waals surface area contributed by atoms with Crippen LogP contribution in [0.5, 0.6) is 0 Å². The van der Waals surface area contributed by atoms with E-state index in [9.17, 15) is 4.79 Å². The van der Waals surface area contributed by atoms with Gasteiger partial charge in [0.15, 0.2) is 0 Å². The van der Waals surface area contributed by atoms with Gasteiger partial charge in [0.25, 0.3) is 5.91 Å². The van der Waals surface area contributed by atoms with Crippen molar-refractivity contribution in [3.8, 4) is 0 Å². The number of thiophene rings is 1. The summed E-state index contributed by atoms with van der Waals surface area (Å²) in [4.78, 5) is 15.9. The standard InChI is InChI=1S/C18H20BNO3S2/c1-10-15(21)20-16(25-10)13-9-24-14-8-11(6-7-12(13)14)19-22-17(2,3)18(4,5)23-19/h6-10H,1-5H3. The van der Waals surface area contributed by atoms with E-state index in [1.807, 2.05) is 13.0 Å². The van der Waals surface area contributed by atoms with E-state index in [4.69, 9.17) is 9.31 Å². The van der Waals surface area contributed by atoms with Crippen LogP contribution in [0.1, 0.15) is 40.2 Å².